The van der Waals surface area contributed by atoms with Crippen LogP contribution in [0.25, 0.3) is 16.7 Å². The number of nitrogens with zero attached hydrogens (tertiary/aromatic N) is 4. The van der Waals surface area contributed by atoms with Gasteiger partial charge in [0, 0.05) is 30.2 Å². The lowest BCUT2D eigenvalue weighted by atomic mass is 9.92. The Morgan fingerprint density at radius 2 is 1.88 bits per heavy atom. The first-order chi connectivity index (χ1) is 19.9. The minimum Gasteiger partial charge on any atom is -0.495 e. The molecule has 1 N–H and O–H groups in total. The fourth-order valence-corrected chi connectivity index (χ4v) is 7.31. The van der Waals surface area contributed by atoms with Gasteiger partial charge in [-0.2, -0.15) is 4.98 Å². The summed E-state index contributed by atoms with van der Waals surface area (Å²) in [4.78, 5) is 11.8. The Hall–Kier alpha value is -2.95. The Kier molecular flexibility index (Phi) is 7.38. The van der Waals surface area contributed by atoms with Crippen LogP contribution in [-0.4, -0.2) is 61.7 Å². The number of methoxy groups -OCH3 is 1. The van der Waals surface area contributed by atoms with Crippen LogP contribution >= 0.6 is 11.6 Å². The summed E-state index contributed by atoms with van der Waals surface area (Å²) in [5, 5.41) is 5.03. The molecule has 2 aromatic carbocycles. The molecule has 0 atom stereocenters. The van der Waals surface area contributed by atoms with Crippen LogP contribution < -0.4 is 10.1 Å². The van der Waals surface area contributed by atoms with Crippen molar-refractivity contribution in [3.63, 3.8) is 0 Å². The minimum absolute atomic E-state index is 0.0671. The molecule has 1 fully saturated rings. The molecule has 4 heterocycles. The largest absolute Gasteiger partial charge is 0.495 e. The number of anilines is 2. The first-order valence-electron chi connectivity index (χ1n) is 14.5. The lowest BCUT2D eigenvalue weighted by molar-refractivity contribution is -0.174. The fourth-order valence-electron chi connectivity index (χ4n) is 5.62. The molecule has 6 rings (SSSR count). The molecule has 0 bridgehead atoms. The second-order valence-corrected chi connectivity index (χ2v) is 18.2. The molecule has 0 saturated carbocycles. The van der Waals surface area contributed by atoms with Gasteiger partial charge in [-0.3, -0.25) is 4.57 Å². The zero-order chi connectivity index (χ0) is 29.9. The molecule has 42 heavy (non-hydrogen) atoms. The third-order valence-electron chi connectivity index (χ3n) is 9.06. The maximum absolute atomic E-state index is 7.09. The van der Waals surface area contributed by atoms with E-state index in [-0.39, 0.29) is 5.04 Å². The van der Waals surface area contributed by atoms with Gasteiger partial charge >= 0.3 is 0 Å². The number of nitrogens with one attached hydrogen (secondary N) is 1. The monoisotopic (exact) mass is 605 g/mol. The molecule has 222 valence electrons. The van der Waals surface area contributed by atoms with Gasteiger partial charge in [-0.15, -0.1) is 0 Å². The molecule has 2 aromatic heterocycles. The number of likely N-dealkylation sites (N-methyl/N-ethyl adjacent to an activating group) is 1. The summed E-state index contributed by atoms with van der Waals surface area (Å²) in [6.45, 7) is 14.3. The van der Waals surface area contributed by atoms with Gasteiger partial charge in [0.05, 0.1) is 37.7 Å². The van der Waals surface area contributed by atoms with E-state index >= 15 is 0 Å². The van der Waals surface area contributed by atoms with Gasteiger partial charge in [0.15, 0.2) is 14.1 Å². The molecule has 0 radical (unpaired) electrons. The summed E-state index contributed by atoms with van der Waals surface area (Å²) < 4.78 is 20.7. The van der Waals surface area contributed by atoms with Crippen LogP contribution in [0, 0.1) is 0 Å². The summed E-state index contributed by atoms with van der Waals surface area (Å²) in [7, 11) is 1.73. The number of hydrogen-bond acceptors (Lipinski definition) is 7. The molecule has 10 heteroatoms. The topological polar surface area (TPSA) is 73.7 Å². The quantitative estimate of drug-likeness (QED) is 0.226. The number of rotatable bonds is 7. The third-order valence-corrected chi connectivity index (χ3v) is 13.8. The number of hydrogen-bond donors (Lipinski definition) is 1. The molecule has 1 saturated heterocycles. The lowest BCUT2D eigenvalue weighted by Crippen LogP contribution is -2.57. The standard InChI is InChI=1S/C32H40ClN5O3Si/c1-31(2,3)42(6,7)41-32(19-40-20-32)24-18-38(27-11-9-8-10-23(24)27)29-25(33)16-34-30(36-29)35-26-14-22-17-37(4)13-12-21(22)15-28(26)39-5/h8-11,14-16,18H,12-13,17,19-20H2,1-7H3,(H,34,35,36). The Labute approximate surface area is 254 Å². The van der Waals surface area contributed by atoms with Gasteiger partial charge in [-0.05, 0) is 60.9 Å². The van der Waals surface area contributed by atoms with Gasteiger partial charge in [-0.1, -0.05) is 50.6 Å². The molecule has 2 aliphatic rings. The highest BCUT2D eigenvalue weighted by atomic mass is 35.5. The van der Waals surface area contributed by atoms with E-state index in [0.29, 0.717) is 30.0 Å². The predicted molar refractivity (Wildman–Crippen MR) is 171 cm³/mol. The van der Waals surface area contributed by atoms with E-state index < -0.39 is 13.9 Å². The first-order valence-corrected chi connectivity index (χ1v) is 17.8. The Bertz CT molecular complexity index is 1640. The maximum atomic E-state index is 7.09. The van der Waals surface area contributed by atoms with Crippen LogP contribution in [0.15, 0.2) is 48.8 Å². The van der Waals surface area contributed by atoms with Crippen molar-refractivity contribution in [2.24, 2.45) is 0 Å². The van der Waals surface area contributed by atoms with Gasteiger partial charge in [-0.25, -0.2) is 4.98 Å². The SMILES string of the molecule is COc1cc2c(cc1Nc1ncc(Cl)c(-n3cc(C4(O[Si](C)(C)C(C)(C)C)COC4)c4ccccc43)n1)CN(C)CC2. The van der Waals surface area contributed by atoms with Crippen molar-refractivity contribution in [3.05, 3.63) is 70.5 Å². The van der Waals surface area contributed by atoms with Crippen molar-refractivity contribution in [3.8, 4) is 11.6 Å². The van der Waals surface area contributed by atoms with E-state index in [1.807, 2.05) is 10.6 Å². The first kappa shape index (κ1) is 29.1. The molecule has 0 aliphatic carbocycles. The van der Waals surface area contributed by atoms with Crippen molar-refractivity contribution in [2.75, 3.05) is 39.2 Å². The second kappa shape index (κ2) is 10.6. The average Bonchev–Trinajstić information content (AvgIpc) is 3.30. The van der Waals surface area contributed by atoms with E-state index in [1.165, 1.54) is 11.1 Å². The van der Waals surface area contributed by atoms with Gasteiger partial charge in [0.2, 0.25) is 5.95 Å². The van der Waals surface area contributed by atoms with E-state index in [9.17, 15) is 0 Å². The zero-order valence-electron chi connectivity index (χ0n) is 25.5. The normalized spacial score (nSPS) is 17.1. The highest BCUT2D eigenvalue weighted by molar-refractivity contribution is 6.74. The zero-order valence-corrected chi connectivity index (χ0v) is 27.3. The molecule has 0 spiro atoms. The molecule has 4 aromatic rings. The van der Waals surface area contributed by atoms with Gasteiger partial charge < -0.3 is 24.1 Å². The molecule has 8 nitrogen and oxygen atoms in total. The number of fused-ring (bicyclic) bond motifs is 2. The van der Waals surface area contributed by atoms with E-state index in [2.05, 4.69) is 92.6 Å². The highest BCUT2D eigenvalue weighted by Crippen LogP contribution is 2.47. The summed E-state index contributed by atoms with van der Waals surface area (Å²) in [6.07, 6.45) is 4.76. The van der Waals surface area contributed by atoms with E-state index in [0.717, 1.165) is 47.4 Å². The number of benzene rings is 2. The molecule has 0 amide bonds. The molecular weight excluding hydrogens is 566 g/mol. The lowest BCUT2D eigenvalue weighted by Gasteiger charge is -2.49. The summed E-state index contributed by atoms with van der Waals surface area (Å²) in [5.74, 6) is 1.80. The van der Waals surface area contributed by atoms with Crippen LogP contribution in [0.2, 0.25) is 23.2 Å². The number of aromatic nitrogens is 3. The summed E-state index contributed by atoms with van der Waals surface area (Å²) in [5.41, 5.74) is 4.99. The molecule has 2 aliphatic heterocycles. The van der Waals surface area contributed by atoms with Crippen LogP contribution in [0.3, 0.4) is 0 Å². The second-order valence-electron chi connectivity index (χ2n) is 13.1. The Morgan fingerprint density at radius 3 is 2.57 bits per heavy atom. The van der Waals surface area contributed by atoms with Crippen molar-refractivity contribution in [1.29, 1.82) is 0 Å². The average molecular weight is 606 g/mol. The molecular formula is C32H40ClN5O3Si. The summed E-state index contributed by atoms with van der Waals surface area (Å²) in [6, 6.07) is 12.6. The third kappa shape index (κ3) is 5.11. The van der Waals surface area contributed by atoms with Crippen molar-refractivity contribution >= 4 is 42.5 Å². The fraction of sp³-hybridized carbons (Fsp3) is 0.438. The van der Waals surface area contributed by atoms with Crippen LogP contribution in [0.4, 0.5) is 11.6 Å². The van der Waals surface area contributed by atoms with Crippen molar-refractivity contribution in [1.82, 2.24) is 19.4 Å². The van der Waals surface area contributed by atoms with Gasteiger partial charge in [0.25, 0.3) is 0 Å². The van der Waals surface area contributed by atoms with Crippen LogP contribution in [0.1, 0.15) is 37.5 Å². The Balaban J connectivity index is 1.41. The predicted octanol–water partition coefficient (Wildman–Crippen LogP) is 7.06. The number of halogens is 1. The minimum atomic E-state index is -2.10. The van der Waals surface area contributed by atoms with E-state index in [4.69, 9.17) is 30.5 Å². The smallest absolute Gasteiger partial charge is 0.229 e. The Morgan fingerprint density at radius 1 is 1.12 bits per heavy atom. The maximum Gasteiger partial charge on any atom is 0.229 e. The summed E-state index contributed by atoms with van der Waals surface area (Å²) >= 11 is 6.79. The number of para-hydroxylation sites is 1. The number of ether oxygens (including phenoxy) is 2. The van der Waals surface area contributed by atoms with Crippen molar-refractivity contribution in [2.45, 2.75) is 57.5 Å². The van der Waals surface area contributed by atoms with Crippen molar-refractivity contribution < 1.29 is 13.9 Å². The van der Waals surface area contributed by atoms with Crippen LogP contribution in [-0.2, 0) is 27.7 Å². The van der Waals surface area contributed by atoms with Crippen LogP contribution in [0.5, 0.6) is 5.75 Å². The highest BCUT2D eigenvalue weighted by Gasteiger charge is 2.51. The van der Waals surface area contributed by atoms with Gasteiger partial charge in [0.1, 0.15) is 16.4 Å². The van der Waals surface area contributed by atoms with E-state index in [1.54, 1.807) is 13.3 Å². The molecule has 0 unspecified atom stereocenters.